The van der Waals surface area contributed by atoms with Crippen LogP contribution in [0.5, 0.6) is 0 Å². The molecule has 0 bridgehead atoms. The quantitative estimate of drug-likeness (QED) is 0.615. The lowest BCUT2D eigenvalue weighted by molar-refractivity contribution is -0.139. The van der Waals surface area contributed by atoms with Crippen LogP contribution in [0.4, 0.5) is 0 Å². The fourth-order valence-electron chi connectivity index (χ4n) is 3.69. The first kappa shape index (κ1) is 18.3. The van der Waals surface area contributed by atoms with Crippen LogP contribution < -0.4 is 5.32 Å². The van der Waals surface area contributed by atoms with E-state index in [-0.39, 0.29) is 18.2 Å². The van der Waals surface area contributed by atoms with Crippen molar-refractivity contribution in [3.63, 3.8) is 0 Å². The first-order chi connectivity index (χ1) is 13.6. The molecule has 6 nitrogen and oxygen atoms in total. The molecule has 1 aliphatic rings. The summed E-state index contributed by atoms with van der Waals surface area (Å²) in [6.07, 6.45) is 2.94. The van der Waals surface area contributed by atoms with Gasteiger partial charge in [0.15, 0.2) is 0 Å². The molecule has 0 radical (unpaired) electrons. The molecule has 1 aromatic heterocycles. The Balaban J connectivity index is 1.51. The van der Waals surface area contributed by atoms with Crippen LogP contribution >= 0.6 is 0 Å². The van der Waals surface area contributed by atoms with Crippen molar-refractivity contribution in [1.29, 1.82) is 0 Å². The van der Waals surface area contributed by atoms with E-state index in [2.05, 4.69) is 10.3 Å². The van der Waals surface area contributed by atoms with Gasteiger partial charge in [0.25, 0.3) is 5.91 Å². The first-order valence-electron chi connectivity index (χ1n) is 9.38. The highest BCUT2D eigenvalue weighted by molar-refractivity contribution is 5.97. The third-order valence-corrected chi connectivity index (χ3v) is 5.25. The van der Waals surface area contributed by atoms with Crippen molar-refractivity contribution >= 4 is 22.8 Å². The molecule has 0 spiro atoms. The minimum atomic E-state index is -1.06. The Morgan fingerprint density at radius 3 is 2.86 bits per heavy atom. The van der Waals surface area contributed by atoms with Gasteiger partial charge >= 0.3 is 5.97 Å². The van der Waals surface area contributed by atoms with Crippen LogP contribution in [0, 0.1) is 0 Å². The number of aliphatic carboxylic acids is 1. The van der Waals surface area contributed by atoms with Crippen LogP contribution in [0.25, 0.3) is 10.9 Å². The predicted molar refractivity (Wildman–Crippen MR) is 106 cm³/mol. The van der Waals surface area contributed by atoms with Gasteiger partial charge in [0, 0.05) is 41.6 Å². The fraction of sp³-hybridized carbons (Fsp3) is 0.273. The second-order valence-corrected chi connectivity index (χ2v) is 7.11. The Morgan fingerprint density at radius 2 is 2.07 bits per heavy atom. The second kappa shape index (κ2) is 7.86. The van der Waals surface area contributed by atoms with Crippen LogP contribution in [0.1, 0.15) is 33.8 Å². The highest BCUT2D eigenvalue weighted by Crippen LogP contribution is 2.26. The Hall–Kier alpha value is -3.12. The molecule has 3 N–H and O–H groups in total. The van der Waals surface area contributed by atoms with E-state index in [1.807, 2.05) is 42.5 Å². The number of fused-ring (bicyclic) bond motifs is 1. The Kier molecular flexibility index (Phi) is 5.12. The molecular weight excluding hydrogens is 356 g/mol. The molecule has 144 valence electrons. The third kappa shape index (κ3) is 3.77. The summed E-state index contributed by atoms with van der Waals surface area (Å²) in [6, 6.07) is 14.0. The van der Waals surface area contributed by atoms with Crippen molar-refractivity contribution in [2.75, 3.05) is 13.2 Å². The maximum absolute atomic E-state index is 12.7. The number of carbonyl (C=O) groups excluding carboxylic acids is 1. The van der Waals surface area contributed by atoms with Gasteiger partial charge in [-0.1, -0.05) is 30.3 Å². The number of para-hydroxylation sites is 1. The highest BCUT2D eigenvalue weighted by Gasteiger charge is 2.24. The zero-order valence-corrected chi connectivity index (χ0v) is 15.4. The summed E-state index contributed by atoms with van der Waals surface area (Å²) in [5, 5.41) is 13.3. The molecule has 2 aromatic carbocycles. The molecule has 4 rings (SSSR count). The molecule has 1 saturated heterocycles. The van der Waals surface area contributed by atoms with Gasteiger partial charge in [-0.3, -0.25) is 4.79 Å². The number of amides is 1. The van der Waals surface area contributed by atoms with Crippen LogP contribution in [0.2, 0.25) is 0 Å². The number of hydrogen-bond acceptors (Lipinski definition) is 3. The molecule has 1 aliphatic heterocycles. The molecule has 1 amide bonds. The van der Waals surface area contributed by atoms with Crippen LogP contribution in [0.3, 0.4) is 0 Å². The Bertz CT molecular complexity index is 1000. The molecular formula is C22H22N2O4. The van der Waals surface area contributed by atoms with E-state index in [1.165, 1.54) is 0 Å². The number of aromatic nitrogens is 1. The Labute approximate surface area is 162 Å². The van der Waals surface area contributed by atoms with Crippen molar-refractivity contribution in [2.45, 2.75) is 24.8 Å². The monoisotopic (exact) mass is 378 g/mol. The van der Waals surface area contributed by atoms with Gasteiger partial charge in [-0.2, -0.15) is 0 Å². The maximum Gasteiger partial charge on any atom is 0.326 e. The first-order valence-corrected chi connectivity index (χ1v) is 9.38. The second-order valence-electron chi connectivity index (χ2n) is 7.11. The van der Waals surface area contributed by atoms with Gasteiger partial charge in [0.05, 0.1) is 6.61 Å². The predicted octanol–water partition coefficient (Wildman–Crippen LogP) is 3.10. The largest absolute Gasteiger partial charge is 0.480 e. The van der Waals surface area contributed by atoms with E-state index in [0.717, 1.165) is 35.1 Å². The van der Waals surface area contributed by atoms with E-state index >= 15 is 0 Å². The molecule has 0 saturated carbocycles. The van der Waals surface area contributed by atoms with Crippen molar-refractivity contribution in [1.82, 2.24) is 10.3 Å². The molecule has 2 unspecified atom stereocenters. The molecule has 6 heteroatoms. The van der Waals surface area contributed by atoms with Gasteiger partial charge in [0.2, 0.25) is 0 Å². The van der Waals surface area contributed by atoms with Crippen molar-refractivity contribution in [3.05, 3.63) is 71.4 Å². The molecule has 2 heterocycles. The SMILES string of the molecule is O=C(NC(Cc1c[nH]c2ccccc12)C(=O)O)c1cccc(C2CCOC2)c1. The minimum absolute atomic E-state index is 0.210. The third-order valence-electron chi connectivity index (χ3n) is 5.25. The summed E-state index contributed by atoms with van der Waals surface area (Å²) in [5.74, 6) is -1.15. The molecule has 1 fully saturated rings. The highest BCUT2D eigenvalue weighted by atomic mass is 16.5. The lowest BCUT2D eigenvalue weighted by Crippen LogP contribution is -2.42. The number of nitrogens with one attached hydrogen (secondary N) is 2. The van der Waals surface area contributed by atoms with Crippen molar-refractivity contribution in [2.24, 2.45) is 0 Å². The standard InChI is InChI=1S/C22H22N2O4/c25-21(15-5-3-4-14(10-15)16-8-9-28-13-16)24-20(22(26)27)11-17-12-23-19-7-2-1-6-18(17)19/h1-7,10,12,16,20,23H,8-9,11,13H2,(H,24,25)(H,26,27). The smallest absolute Gasteiger partial charge is 0.326 e. The number of benzene rings is 2. The molecule has 2 atom stereocenters. The van der Waals surface area contributed by atoms with Gasteiger partial charge in [-0.05, 0) is 35.7 Å². The maximum atomic E-state index is 12.7. The summed E-state index contributed by atoms with van der Waals surface area (Å²) in [4.78, 5) is 27.6. The molecule has 3 aromatic rings. The van der Waals surface area contributed by atoms with Gasteiger partial charge in [-0.25, -0.2) is 4.79 Å². The average Bonchev–Trinajstić information content (AvgIpc) is 3.38. The summed E-state index contributed by atoms with van der Waals surface area (Å²) in [6.45, 7) is 1.39. The van der Waals surface area contributed by atoms with Gasteiger partial charge < -0.3 is 20.1 Å². The van der Waals surface area contributed by atoms with Crippen LogP contribution in [-0.4, -0.2) is 41.2 Å². The zero-order chi connectivity index (χ0) is 19.5. The summed E-state index contributed by atoms with van der Waals surface area (Å²) in [5.41, 5.74) is 3.32. The number of H-pyrrole nitrogens is 1. The number of carboxylic acids is 1. The van der Waals surface area contributed by atoms with Gasteiger partial charge in [0.1, 0.15) is 6.04 Å². The average molecular weight is 378 g/mol. The van der Waals surface area contributed by atoms with E-state index in [0.29, 0.717) is 12.2 Å². The van der Waals surface area contributed by atoms with Crippen LogP contribution in [0.15, 0.2) is 54.7 Å². The van der Waals surface area contributed by atoms with Crippen LogP contribution in [-0.2, 0) is 16.0 Å². The van der Waals surface area contributed by atoms with E-state index in [4.69, 9.17) is 4.74 Å². The summed E-state index contributed by atoms with van der Waals surface area (Å²) >= 11 is 0. The number of carbonyl (C=O) groups is 2. The van der Waals surface area contributed by atoms with E-state index in [1.54, 1.807) is 12.3 Å². The van der Waals surface area contributed by atoms with Gasteiger partial charge in [-0.15, -0.1) is 0 Å². The lowest BCUT2D eigenvalue weighted by atomic mass is 9.96. The molecule has 0 aliphatic carbocycles. The van der Waals surface area contributed by atoms with Crippen molar-refractivity contribution in [3.8, 4) is 0 Å². The number of rotatable bonds is 6. The number of hydrogen-bond donors (Lipinski definition) is 3. The Morgan fingerprint density at radius 1 is 1.21 bits per heavy atom. The zero-order valence-electron chi connectivity index (χ0n) is 15.4. The normalized spacial score (nSPS) is 17.5. The topological polar surface area (TPSA) is 91.4 Å². The van der Waals surface area contributed by atoms with E-state index in [9.17, 15) is 14.7 Å². The van der Waals surface area contributed by atoms with E-state index < -0.39 is 12.0 Å². The summed E-state index contributed by atoms with van der Waals surface area (Å²) < 4.78 is 5.42. The number of aromatic amines is 1. The number of carboxylic acid groups (broad SMARTS) is 1. The number of ether oxygens (including phenoxy) is 1. The van der Waals surface area contributed by atoms with Crippen molar-refractivity contribution < 1.29 is 19.4 Å². The minimum Gasteiger partial charge on any atom is -0.480 e. The molecule has 28 heavy (non-hydrogen) atoms. The lowest BCUT2D eigenvalue weighted by Gasteiger charge is -2.15. The summed E-state index contributed by atoms with van der Waals surface area (Å²) in [7, 11) is 0. The fourth-order valence-corrected chi connectivity index (χ4v) is 3.69.